The number of hydrogen-bond acceptors (Lipinski definition) is 7. The summed E-state index contributed by atoms with van der Waals surface area (Å²) in [5, 5.41) is 13.9. The minimum Gasteiger partial charge on any atom is -0.476 e. The third-order valence-corrected chi connectivity index (χ3v) is 6.62. The highest BCUT2D eigenvalue weighted by Gasteiger charge is 2.30. The molecule has 1 aromatic rings. The van der Waals surface area contributed by atoms with Crippen LogP contribution in [0, 0.1) is 0 Å². The first-order chi connectivity index (χ1) is 11.6. The van der Waals surface area contributed by atoms with Crippen molar-refractivity contribution in [1.29, 1.82) is 0 Å². The lowest BCUT2D eigenvalue weighted by Gasteiger charge is -2.25. The van der Waals surface area contributed by atoms with E-state index in [0.717, 1.165) is 41.1 Å². The number of nitrogens with one attached hydrogen (secondary N) is 1. The van der Waals surface area contributed by atoms with E-state index in [9.17, 15) is 9.59 Å². The van der Waals surface area contributed by atoms with Crippen LogP contribution < -0.4 is 5.32 Å². The summed E-state index contributed by atoms with van der Waals surface area (Å²) in [6.07, 6.45) is 1.54. The van der Waals surface area contributed by atoms with E-state index in [4.69, 9.17) is 5.11 Å². The van der Waals surface area contributed by atoms with E-state index in [-0.39, 0.29) is 17.6 Å². The Bertz CT molecular complexity index is 553. The first kappa shape index (κ1) is 19.6. The van der Waals surface area contributed by atoms with Gasteiger partial charge in [-0.1, -0.05) is 18.7 Å². The van der Waals surface area contributed by atoms with E-state index in [1.54, 1.807) is 5.38 Å². The van der Waals surface area contributed by atoms with Crippen molar-refractivity contribution in [3.05, 3.63) is 11.1 Å². The Morgan fingerprint density at radius 2 is 2.38 bits per heavy atom. The highest BCUT2D eigenvalue weighted by molar-refractivity contribution is 8.01. The maximum absolute atomic E-state index is 12.0. The lowest BCUT2D eigenvalue weighted by molar-refractivity contribution is -0.128. The van der Waals surface area contributed by atoms with Crippen LogP contribution >= 0.6 is 34.9 Å². The third-order valence-electron chi connectivity index (χ3n) is 3.72. The predicted molar refractivity (Wildman–Crippen MR) is 100 cm³/mol. The van der Waals surface area contributed by atoms with Crippen LogP contribution in [0.4, 0.5) is 0 Å². The molecule has 1 aliphatic rings. The molecule has 24 heavy (non-hydrogen) atoms. The smallest absolute Gasteiger partial charge is 0.355 e. The molecule has 0 saturated carbocycles. The Morgan fingerprint density at radius 3 is 3.08 bits per heavy atom. The number of carbonyl (C=O) groups is 2. The summed E-state index contributed by atoms with van der Waals surface area (Å²) in [7, 11) is 0. The van der Waals surface area contributed by atoms with Gasteiger partial charge in [-0.25, -0.2) is 9.78 Å². The zero-order chi connectivity index (χ0) is 17.4. The van der Waals surface area contributed by atoms with Crippen molar-refractivity contribution in [1.82, 2.24) is 15.2 Å². The molecule has 0 aromatic carbocycles. The summed E-state index contributed by atoms with van der Waals surface area (Å²) in [4.78, 5) is 28.9. The van der Waals surface area contributed by atoms with E-state index in [1.165, 1.54) is 23.1 Å². The number of hydrogen-bond donors (Lipinski definition) is 2. The van der Waals surface area contributed by atoms with Gasteiger partial charge in [-0.05, 0) is 12.2 Å². The van der Waals surface area contributed by atoms with Crippen LogP contribution in [-0.4, -0.2) is 69.8 Å². The number of likely N-dealkylation sites (tertiary alicyclic amines) is 1. The molecule has 1 fully saturated rings. The molecule has 0 aliphatic carbocycles. The van der Waals surface area contributed by atoms with Crippen molar-refractivity contribution in [2.45, 2.75) is 30.1 Å². The Hall–Kier alpha value is -0.770. The number of aromatic nitrogens is 1. The van der Waals surface area contributed by atoms with Crippen LogP contribution in [-0.2, 0) is 4.79 Å². The molecule has 0 bridgehead atoms. The monoisotopic (exact) mass is 389 g/mol. The van der Waals surface area contributed by atoms with Crippen molar-refractivity contribution in [3.8, 4) is 0 Å². The van der Waals surface area contributed by atoms with Gasteiger partial charge in [0.05, 0.1) is 0 Å². The molecule has 134 valence electrons. The average Bonchev–Trinajstić information content (AvgIpc) is 3.16. The summed E-state index contributed by atoms with van der Waals surface area (Å²) < 4.78 is 0.741. The van der Waals surface area contributed by atoms with Gasteiger partial charge in [-0.15, -0.1) is 11.3 Å². The Morgan fingerprint density at radius 1 is 1.54 bits per heavy atom. The number of aromatic carboxylic acids is 1. The Kier molecular flexibility index (Phi) is 8.37. The molecule has 0 spiro atoms. The quantitative estimate of drug-likeness (QED) is 0.444. The summed E-state index contributed by atoms with van der Waals surface area (Å²) in [6.45, 7) is 4.66. The Labute approximate surface area is 154 Å². The molecule has 1 aliphatic heterocycles. The highest BCUT2D eigenvalue weighted by Crippen LogP contribution is 2.24. The topological polar surface area (TPSA) is 82.5 Å². The molecule has 9 heteroatoms. The van der Waals surface area contributed by atoms with Crippen LogP contribution in [0.15, 0.2) is 9.72 Å². The molecule has 1 aromatic heterocycles. The maximum atomic E-state index is 12.0. The fourth-order valence-corrected chi connectivity index (χ4v) is 4.91. The van der Waals surface area contributed by atoms with E-state index >= 15 is 0 Å². The highest BCUT2D eigenvalue weighted by atomic mass is 32.2. The summed E-state index contributed by atoms with van der Waals surface area (Å²) >= 11 is 4.76. The van der Waals surface area contributed by atoms with Crippen molar-refractivity contribution >= 4 is 46.7 Å². The lowest BCUT2D eigenvalue weighted by atomic mass is 10.2. The van der Waals surface area contributed by atoms with Gasteiger partial charge in [0.15, 0.2) is 10.0 Å². The normalized spacial score (nSPS) is 17.6. The Balaban J connectivity index is 1.72. The second-order valence-electron chi connectivity index (χ2n) is 5.33. The van der Waals surface area contributed by atoms with Gasteiger partial charge in [0, 0.05) is 49.0 Å². The number of nitrogens with zero attached hydrogens (tertiary/aromatic N) is 2. The fraction of sp³-hybridized carbons (Fsp3) is 0.667. The van der Waals surface area contributed by atoms with Crippen molar-refractivity contribution in [2.75, 3.05) is 36.9 Å². The van der Waals surface area contributed by atoms with E-state index in [2.05, 4.69) is 17.2 Å². The standard InChI is InChI=1S/C15H23N3O3S3/c1-2-22-7-5-16-9-11-3-4-13(19)18(11)6-8-23-15-17-12(10-24-15)14(20)21/h10-11,16H,2-9H2,1H3,(H,20,21). The molecule has 6 nitrogen and oxygen atoms in total. The zero-order valence-electron chi connectivity index (χ0n) is 13.7. The van der Waals surface area contributed by atoms with E-state index in [0.29, 0.717) is 13.0 Å². The maximum Gasteiger partial charge on any atom is 0.355 e. The van der Waals surface area contributed by atoms with Gasteiger partial charge >= 0.3 is 5.97 Å². The molecular formula is C15H23N3O3S3. The number of thioether (sulfide) groups is 2. The molecule has 0 radical (unpaired) electrons. The van der Waals surface area contributed by atoms with E-state index in [1.807, 2.05) is 16.7 Å². The minimum atomic E-state index is -1.000. The number of carboxylic acids is 1. The molecule has 1 atom stereocenters. The van der Waals surface area contributed by atoms with Crippen molar-refractivity contribution in [2.24, 2.45) is 0 Å². The molecule has 2 rings (SSSR count). The molecule has 1 unspecified atom stereocenters. The number of carboxylic acid groups (broad SMARTS) is 1. The summed E-state index contributed by atoms with van der Waals surface area (Å²) in [5.74, 6) is 2.19. The number of thiazole rings is 1. The predicted octanol–water partition coefficient (Wildman–Crippen LogP) is 2.27. The summed E-state index contributed by atoms with van der Waals surface area (Å²) in [5.41, 5.74) is 0.0896. The van der Waals surface area contributed by atoms with Crippen LogP contribution in [0.1, 0.15) is 30.3 Å². The van der Waals surface area contributed by atoms with Crippen molar-refractivity contribution in [3.63, 3.8) is 0 Å². The largest absolute Gasteiger partial charge is 0.476 e. The van der Waals surface area contributed by atoms with Gasteiger partial charge in [0.25, 0.3) is 0 Å². The molecule has 1 amide bonds. The van der Waals surface area contributed by atoms with Gasteiger partial charge < -0.3 is 15.3 Å². The number of carbonyl (C=O) groups excluding carboxylic acids is 1. The first-order valence-electron chi connectivity index (χ1n) is 8.01. The van der Waals surface area contributed by atoms with Crippen LogP contribution in [0.2, 0.25) is 0 Å². The van der Waals surface area contributed by atoms with Gasteiger partial charge in [-0.3, -0.25) is 4.79 Å². The zero-order valence-corrected chi connectivity index (χ0v) is 16.1. The van der Waals surface area contributed by atoms with Gasteiger partial charge in [0.1, 0.15) is 0 Å². The first-order valence-corrected chi connectivity index (χ1v) is 11.0. The lowest BCUT2D eigenvalue weighted by Crippen LogP contribution is -2.41. The van der Waals surface area contributed by atoms with Crippen LogP contribution in [0.5, 0.6) is 0 Å². The minimum absolute atomic E-state index is 0.0896. The van der Waals surface area contributed by atoms with E-state index < -0.39 is 5.97 Å². The molecule has 2 N–H and O–H groups in total. The third kappa shape index (κ3) is 5.94. The number of rotatable bonds is 11. The molecule has 1 saturated heterocycles. The second kappa shape index (κ2) is 10.3. The SMILES string of the molecule is CCSCCNCC1CCC(=O)N1CCSc1nc(C(=O)O)cs1. The van der Waals surface area contributed by atoms with Crippen molar-refractivity contribution < 1.29 is 14.7 Å². The average molecular weight is 390 g/mol. The van der Waals surface area contributed by atoms with Crippen LogP contribution in [0.25, 0.3) is 0 Å². The number of amides is 1. The molecular weight excluding hydrogens is 366 g/mol. The second-order valence-corrected chi connectivity index (χ2v) is 8.93. The molecule has 2 heterocycles. The van der Waals surface area contributed by atoms with Gasteiger partial charge in [-0.2, -0.15) is 11.8 Å². The van der Waals surface area contributed by atoms with Gasteiger partial charge in [0.2, 0.25) is 5.91 Å². The summed E-state index contributed by atoms with van der Waals surface area (Å²) in [6, 6.07) is 0.274. The van der Waals surface area contributed by atoms with Crippen LogP contribution in [0.3, 0.4) is 0 Å². The fourth-order valence-electron chi connectivity index (χ4n) is 2.52.